The summed E-state index contributed by atoms with van der Waals surface area (Å²) in [6.07, 6.45) is 4.73. The van der Waals surface area contributed by atoms with Crippen LogP contribution in [0.1, 0.15) is 24.4 Å². The van der Waals surface area contributed by atoms with Crippen molar-refractivity contribution in [3.8, 4) is 11.9 Å². The summed E-state index contributed by atoms with van der Waals surface area (Å²) < 4.78 is 1.93. The number of nitrogens with zero attached hydrogens (tertiary/aromatic N) is 7. The zero-order valence-corrected chi connectivity index (χ0v) is 14.4. The van der Waals surface area contributed by atoms with E-state index in [1.165, 1.54) is 6.33 Å². The third kappa shape index (κ3) is 2.89. The van der Waals surface area contributed by atoms with E-state index in [9.17, 15) is 5.26 Å². The molecule has 0 bridgehead atoms. The van der Waals surface area contributed by atoms with Gasteiger partial charge in [0.05, 0.1) is 11.6 Å². The fourth-order valence-corrected chi connectivity index (χ4v) is 2.84. The van der Waals surface area contributed by atoms with Gasteiger partial charge in [0.1, 0.15) is 41.2 Å². The van der Waals surface area contributed by atoms with E-state index in [2.05, 4.69) is 30.2 Å². The van der Waals surface area contributed by atoms with E-state index in [0.29, 0.717) is 17.3 Å². The van der Waals surface area contributed by atoms with Gasteiger partial charge in [0.15, 0.2) is 5.65 Å². The smallest absolute Gasteiger partial charge is 0.178 e. The second-order valence-corrected chi connectivity index (χ2v) is 5.80. The van der Waals surface area contributed by atoms with Gasteiger partial charge in [0.25, 0.3) is 0 Å². The van der Waals surface area contributed by atoms with Crippen molar-refractivity contribution < 1.29 is 0 Å². The molecular formula is C18H15N9. The molecule has 4 aromatic heterocycles. The minimum atomic E-state index is -0.303. The number of fused-ring (bicyclic) bond motifs is 1. The van der Waals surface area contributed by atoms with Gasteiger partial charge >= 0.3 is 0 Å². The van der Waals surface area contributed by atoms with Gasteiger partial charge in [-0.3, -0.25) is 4.57 Å². The van der Waals surface area contributed by atoms with Crippen molar-refractivity contribution in [3.05, 3.63) is 60.4 Å². The lowest BCUT2D eigenvalue weighted by molar-refractivity contribution is 0.759. The lowest BCUT2D eigenvalue weighted by atomic mass is 10.2. The highest BCUT2D eigenvalue weighted by molar-refractivity contribution is 5.74. The van der Waals surface area contributed by atoms with E-state index in [0.717, 1.165) is 11.3 Å². The first-order valence-corrected chi connectivity index (χ1v) is 8.21. The number of pyridine rings is 2. The second kappa shape index (κ2) is 6.68. The molecule has 0 aliphatic carbocycles. The van der Waals surface area contributed by atoms with Crippen LogP contribution in [0.3, 0.4) is 0 Å². The lowest BCUT2D eigenvalue weighted by Gasteiger charge is -2.17. The number of anilines is 2. The Morgan fingerprint density at radius 3 is 2.74 bits per heavy atom. The van der Waals surface area contributed by atoms with Gasteiger partial charge in [-0.2, -0.15) is 5.26 Å². The average Bonchev–Trinajstić information content (AvgIpc) is 3.08. The molecule has 0 unspecified atom stereocenters. The molecule has 0 amide bonds. The molecule has 9 nitrogen and oxygen atoms in total. The summed E-state index contributed by atoms with van der Waals surface area (Å²) in [5.41, 5.74) is 7.41. The SMILES string of the molecule is C[C@@H](Nc1ncnc(N)c1C#N)c1nc2ncccc2n1-c1ccccn1. The molecular weight excluding hydrogens is 342 g/mol. The number of rotatable bonds is 4. The summed E-state index contributed by atoms with van der Waals surface area (Å²) in [5, 5.41) is 12.5. The molecule has 0 saturated carbocycles. The van der Waals surface area contributed by atoms with Gasteiger partial charge in [-0.05, 0) is 31.2 Å². The number of nitrogens with two attached hydrogens (primary N) is 1. The van der Waals surface area contributed by atoms with Crippen LogP contribution in [-0.4, -0.2) is 29.5 Å². The summed E-state index contributed by atoms with van der Waals surface area (Å²) in [6.45, 7) is 1.92. The predicted octanol–water partition coefficient (Wildman–Crippen LogP) is 2.23. The number of nitriles is 1. The fourth-order valence-electron chi connectivity index (χ4n) is 2.84. The first-order chi connectivity index (χ1) is 13.2. The van der Waals surface area contributed by atoms with Crippen LogP contribution >= 0.6 is 0 Å². The minimum absolute atomic E-state index is 0.127. The standard InChI is InChI=1S/C18H15N9/c1-11(25-16-12(9-19)15(20)23-10-24-16)18-26-17-13(5-4-8-22-17)27(18)14-6-2-3-7-21-14/h2-8,10-11H,1H3,(H3,20,23,24,25)/t11-/m1/s1. The van der Waals surface area contributed by atoms with E-state index in [4.69, 9.17) is 5.73 Å². The number of imidazole rings is 1. The van der Waals surface area contributed by atoms with Gasteiger partial charge in [-0.25, -0.2) is 24.9 Å². The topological polar surface area (TPSA) is 131 Å². The highest BCUT2D eigenvalue weighted by Gasteiger charge is 2.21. The first-order valence-electron chi connectivity index (χ1n) is 8.21. The zero-order valence-electron chi connectivity index (χ0n) is 14.4. The number of aromatic nitrogens is 6. The van der Waals surface area contributed by atoms with Crippen LogP contribution in [0.25, 0.3) is 17.0 Å². The molecule has 0 radical (unpaired) electrons. The molecule has 1 atom stereocenters. The monoisotopic (exact) mass is 357 g/mol. The van der Waals surface area contributed by atoms with Crippen LogP contribution in [0.5, 0.6) is 0 Å². The number of nitrogens with one attached hydrogen (secondary N) is 1. The van der Waals surface area contributed by atoms with E-state index in [1.54, 1.807) is 12.4 Å². The van der Waals surface area contributed by atoms with Gasteiger partial charge in [-0.15, -0.1) is 0 Å². The quantitative estimate of drug-likeness (QED) is 0.568. The molecule has 3 N–H and O–H groups in total. The van der Waals surface area contributed by atoms with Crippen LogP contribution in [0.2, 0.25) is 0 Å². The van der Waals surface area contributed by atoms with E-state index < -0.39 is 0 Å². The van der Waals surface area contributed by atoms with Gasteiger partial charge in [0, 0.05) is 12.4 Å². The highest BCUT2D eigenvalue weighted by Crippen LogP contribution is 2.26. The Kier molecular flexibility index (Phi) is 4.06. The second-order valence-electron chi connectivity index (χ2n) is 5.80. The first kappa shape index (κ1) is 16.4. The Balaban J connectivity index is 1.82. The molecule has 9 heteroatoms. The molecule has 0 aromatic carbocycles. The number of hydrogen-bond donors (Lipinski definition) is 2. The Morgan fingerprint density at radius 1 is 1.11 bits per heavy atom. The van der Waals surface area contributed by atoms with E-state index in [-0.39, 0.29) is 17.4 Å². The summed E-state index contributed by atoms with van der Waals surface area (Å²) in [6, 6.07) is 11.2. The van der Waals surface area contributed by atoms with E-state index >= 15 is 0 Å². The van der Waals surface area contributed by atoms with Crippen molar-refractivity contribution in [3.63, 3.8) is 0 Å². The van der Waals surface area contributed by atoms with Crippen LogP contribution in [0.4, 0.5) is 11.6 Å². The summed E-state index contributed by atoms with van der Waals surface area (Å²) >= 11 is 0. The molecule has 4 heterocycles. The summed E-state index contributed by atoms with van der Waals surface area (Å²) in [4.78, 5) is 21.4. The predicted molar refractivity (Wildman–Crippen MR) is 99.9 cm³/mol. The minimum Gasteiger partial charge on any atom is -0.382 e. The third-order valence-corrected chi connectivity index (χ3v) is 4.06. The van der Waals surface area contributed by atoms with Gasteiger partial charge in [-0.1, -0.05) is 6.07 Å². The molecule has 132 valence electrons. The largest absolute Gasteiger partial charge is 0.382 e. The van der Waals surface area contributed by atoms with Crippen molar-refractivity contribution in [1.29, 1.82) is 5.26 Å². The van der Waals surface area contributed by atoms with Gasteiger partial charge < -0.3 is 11.1 Å². The maximum absolute atomic E-state index is 9.34. The van der Waals surface area contributed by atoms with Gasteiger partial charge in [0.2, 0.25) is 0 Å². The molecule has 0 fully saturated rings. The maximum atomic E-state index is 9.34. The number of hydrogen-bond acceptors (Lipinski definition) is 8. The molecule has 0 aliphatic rings. The summed E-state index contributed by atoms with van der Waals surface area (Å²) in [5.74, 6) is 1.88. The van der Waals surface area contributed by atoms with Crippen molar-refractivity contribution in [1.82, 2.24) is 29.5 Å². The average molecular weight is 357 g/mol. The third-order valence-electron chi connectivity index (χ3n) is 4.06. The lowest BCUT2D eigenvalue weighted by Crippen LogP contribution is -2.16. The summed E-state index contributed by atoms with van der Waals surface area (Å²) in [7, 11) is 0. The van der Waals surface area contributed by atoms with Crippen LogP contribution in [0, 0.1) is 11.3 Å². The van der Waals surface area contributed by atoms with Crippen molar-refractivity contribution in [2.24, 2.45) is 0 Å². The van der Waals surface area contributed by atoms with E-state index in [1.807, 2.05) is 47.9 Å². The Labute approximate surface area is 154 Å². The Bertz CT molecular complexity index is 1140. The maximum Gasteiger partial charge on any atom is 0.178 e. The molecule has 4 rings (SSSR count). The van der Waals surface area contributed by atoms with Crippen molar-refractivity contribution in [2.45, 2.75) is 13.0 Å². The Morgan fingerprint density at radius 2 is 1.96 bits per heavy atom. The van der Waals surface area contributed by atoms with Crippen molar-refractivity contribution >= 4 is 22.8 Å². The van der Waals surface area contributed by atoms with Crippen molar-refractivity contribution in [2.75, 3.05) is 11.1 Å². The van der Waals surface area contributed by atoms with Crippen LogP contribution in [-0.2, 0) is 0 Å². The molecule has 0 spiro atoms. The van der Waals surface area contributed by atoms with Crippen LogP contribution < -0.4 is 11.1 Å². The molecule has 4 aromatic rings. The number of nitrogen functional groups attached to an aromatic ring is 1. The highest BCUT2D eigenvalue weighted by atomic mass is 15.2. The fraction of sp³-hybridized carbons (Fsp3) is 0.111. The molecule has 0 aliphatic heterocycles. The zero-order chi connectivity index (χ0) is 18.8. The normalized spacial score (nSPS) is 11.9. The molecule has 0 saturated heterocycles. The van der Waals surface area contributed by atoms with Crippen LogP contribution in [0.15, 0.2) is 49.1 Å². The Hall–Kier alpha value is -4.06. The molecule has 27 heavy (non-hydrogen) atoms.